The van der Waals surface area contributed by atoms with Gasteiger partial charge in [-0.05, 0) is 25.0 Å². The van der Waals surface area contributed by atoms with Crippen molar-refractivity contribution < 1.29 is 9.59 Å². The number of hydrogen-bond donors (Lipinski definition) is 0. The van der Waals surface area contributed by atoms with Gasteiger partial charge in [-0.3, -0.25) is 14.5 Å². The first-order chi connectivity index (χ1) is 12.1. The van der Waals surface area contributed by atoms with Gasteiger partial charge in [-0.25, -0.2) is 0 Å². The lowest BCUT2D eigenvalue weighted by molar-refractivity contribution is -0.133. The van der Waals surface area contributed by atoms with Crippen molar-refractivity contribution in [3.05, 3.63) is 29.3 Å². The van der Waals surface area contributed by atoms with Crippen LogP contribution in [0.15, 0.2) is 29.2 Å². The molecule has 0 N–H and O–H groups in total. The van der Waals surface area contributed by atoms with Gasteiger partial charge in [0.25, 0.3) is 0 Å². The molecule has 7 heteroatoms. The summed E-state index contributed by atoms with van der Waals surface area (Å²) in [7, 11) is 0. The molecule has 1 aromatic rings. The molecule has 2 fully saturated rings. The number of carbonyl (C=O) groups excluding carboxylic acids is 2. The molecule has 2 amide bonds. The molecule has 0 atom stereocenters. The topological polar surface area (TPSA) is 43.9 Å². The Hall–Kier alpha value is -1.24. The van der Waals surface area contributed by atoms with Crippen LogP contribution >= 0.6 is 23.4 Å². The lowest BCUT2D eigenvalue weighted by Crippen LogP contribution is -2.51. The second kappa shape index (κ2) is 8.92. The van der Waals surface area contributed by atoms with Gasteiger partial charge in [-0.2, -0.15) is 0 Å². The number of halogens is 1. The summed E-state index contributed by atoms with van der Waals surface area (Å²) < 4.78 is 0. The van der Waals surface area contributed by atoms with Crippen LogP contribution in [-0.4, -0.2) is 78.1 Å². The minimum Gasteiger partial charge on any atom is -0.342 e. The fourth-order valence-electron chi connectivity index (χ4n) is 3.21. The van der Waals surface area contributed by atoms with Gasteiger partial charge in [0.05, 0.1) is 17.3 Å². The van der Waals surface area contributed by atoms with Crippen molar-refractivity contribution in [2.24, 2.45) is 0 Å². The molecule has 2 heterocycles. The van der Waals surface area contributed by atoms with E-state index < -0.39 is 0 Å². The van der Waals surface area contributed by atoms with Gasteiger partial charge in [0.15, 0.2) is 0 Å². The number of piperazine rings is 1. The summed E-state index contributed by atoms with van der Waals surface area (Å²) in [4.78, 5) is 31.5. The SMILES string of the molecule is O=C(CSc1ccccc1Cl)N1CCN(CC(=O)N2CCCC2)CC1. The standard InChI is InChI=1S/C18H24ClN3O2S/c19-15-5-1-2-6-16(15)25-14-18(24)22-11-9-20(10-12-22)13-17(23)21-7-3-4-8-21/h1-2,5-6H,3-4,7-14H2. The molecular weight excluding hydrogens is 358 g/mol. The molecule has 0 unspecified atom stereocenters. The summed E-state index contributed by atoms with van der Waals surface area (Å²) in [5, 5.41) is 0.686. The molecule has 0 bridgehead atoms. The highest BCUT2D eigenvalue weighted by Gasteiger charge is 2.25. The number of thioether (sulfide) groups is 1. The number of benzene rings is 1. The maximum atomic E-state index is 12.4. The van der Waals surface area contributed by atoms with E-state index in [1.54, 1.807) is 0 Å². The molecule has 3 rings (SSSR count). The fraction of sp³-hybridized carbons (Fsp3) is 0.556. The van der Waals surface area contributed by atoms with Crippen molar-refractivity contribution in [1.82, 2.24) is 14.7 Å². The van der Waals surface area contributed by atoms with Crippen LogP contribution in [0.25, 0.3) is 0 Å². The second-order valence-corrected chi connectivity index (χ2v) is 7.89. The number of amides is 2. The maximum Gasteiger partial charge on any atom is 0.236 e. The molecule has 2 aliphatic rings. The minimum absolute atomic E-state index is 0.135. The van der Waals surface area contributed by atoms with Gasteiger partial charge in [-0.1, -0.05) is 23.7 Å². The number of rotatable bonds is 5. The Balaban J connectivity index is 1.40. The van der Waals surface area contributed by atoms with Crippen LogP contribution in [0.4, 0.5) is 0 Å². The van der Waals surface area contributed by atoms with Gasteiger partial charge >= 0.3 is 0 Å². The third-order valence-electron chi connectivity index (χ3n) is 4.73. The zero-order chi connectivity index (χ0) is 17.6. The van der Waals surface area contributed by atoms with Gasteiger partial charge in [0.2, 0.25) is 11.8 Å². The third kappa shape index (κ3) is 5.12. The molecule has 0 spiro atoms. The van der Waals surface area contributed by atoms with E-state index in [1.807, 2.05) is 34.1 Å². The summed E-state index contributed by atoms with van der Waals surface area (Å²) >= 11 is 7.61. The number of likely N-dealkylation sites (tertiary alicyclic amines) is 1. The summed E-state index contributed by atoms with van der Waals surface area (Å²) in [5.41, 5.74) is 0. The Morgan fingerprint density at radius 1 is 0.920 bits per heavy atom. The van der Waals surface area contributed by atoms with Crippen LogP contribution in [0.5, 0.6) is 0 Å². The molecule has 0 aliphatic carbocycles. The Morgan fingerprint density at radius 2 is 1.56 bits per heavy atom. The number of nitrogens with zero attached hydrogens (tertiary/aromatic N) is 3. The third-order valence-corrected chi connectivity index (χ3v) is 6.23. The first-order valence-corrected chi connectivity index (χ1v) is 10.1. The highest BCUT2D eigenvalue weighted by molar-refractivity contribution is 8.00. The summed E-state index contributed by atoms with van der Waals surface area (Å²) in [5.74, 6) is 0.762. The highest BCUT2D eigenvalue weighted by Crippen LogP contribution is 2.26. The van der Waals surface area contributed by atoms with Crippen LogP contribution in [-0.2, 0) is 9.59 Å². The van der Waals surface area contributed by atoms with E-state index in [0.717, 1.165) is 43.9 Å². The minimum atomic E-state index is 0.135. The maximum absolute atomic E-state index is 12.4. The van der Waals surface area contributed by atoms with E-state index in [1.165, 1.54) is 11.8 Å². The van der Waals surface area contributed by atoms with E-state index >= 15 is 0 Å². The first kappa shape index (κ1) is 18.5. The summed E-state index contributed by atoms with van der Waals surface area (Å²) in [6, 6.07) is 7.58. The molecular formula is C18H24ClN3O2S. The van der Waals surface area contributed by atoms with Gasteiger partial charge in [-0.15, -0.1) is 11.8 Å². The predicted molar refractivity (Wildman–Crippen MR) is 101 cm³/mol. The van der Waals surface area contributed by atoms with Gasteiger partial charge < -0.3 is 9.80 Å². The van der Waals surface area contributed by atoms with E-state index in [0.29, 0.717) is 30.4 Å². The van der Waals surface area contributed by atoms with Crippen molar-refractivity contribution >= 4 is 35.2 Å². The largest absolute Gasteiger partial charge is 0.342 e. The molecule has 25 heavy (non-hydrogen) atoms. The monoisotopic (exact) mass is 381 g/mol. The van der Waals surface area contributed by atoms with Crippen molar-refractivity contribution in [3.63, 3.8) is 0 Å². The van der Waals surface area contributed by atoms with Gasteiger partial charge in [0.1, 0.15) is 0 Å². The Morgan fingerprint density at radius 3 is 2.24 bits per heavy atom. The Labute approximate surface area is 158 Å². The van der Waals surface area contributed by atoms with Crippen LogP contribution in [0, 0.1) is 0 Å². The van der Waals surface area contributed by atoms with Crippen LogP contribution < -0.4 is 0 Å². The molecule has 136 valence electrons. The quantitative estimate of drug-likeness (QED) is 0.733. The molecule has 0 saturated carbocycles. The van der Waals surface area contributed by atoms with Crippen molar-refractivity contribution in [1.29, 1.82) is 0 Å². The second-order valence-electron chi connectivity index (χ2n) is 6.46. The molecule has 0 radical (unpaired) electrons. The lowest BCUT2D eigenvalue weighted by atomic mass is 10.3. The van der Waals surface area contributed by atoms with E-state index in [9.17, 15) is 9.59 Å². The van der Waals surface area contributed by atoms with E-state index in [-0.39, 0.29) is 11.8 Å². The predicted octanol–water partition coefficient (Wildman–Crippen LogP) is 2.20. The lowest BCUT2D eigenvalue weighted by Gasteiger charge is -2.35. The molecule has 2 aliphatic heterocycles. The van der Waals surface area contributed by atoms with Crippen molar-refractivity contribution in [2.75, 3.05) is 51.6 Å². The normalized spacial score (nSPS) is 18.6. The van der Waals surface area contributed by atoms with Crippen LogP contribution in [0.2, 0.25) is 5.02 Å². The smallest absolute Gasteiger partial charge is 0.236 e. The average molecular weight is 382 g/mol. The highest BCUT2D eigenvalue weighted by atomic mass is 35.5. The summed E-state index contributed by atoms with van der Waals surface area (Å²) in [6.45, 7) is 5.19. The zero-order valence-electron chi connectivity index (χ0n) is 14.3. The van der Waals surface area contributed by atoms with Crippen molar-refractivity contribution in [3.8, 4) is 0 Å². The molecule has 1 aromatic carbocycles. The van der Waals surface area contributed by atoms with Gasteiger partial charge in [0, 0.05) is 44.2 Å². The molecule has 5 nitrogen and oxygen atoms in total. The first-order valence-electron chi connectivity index (χ1n) is 8.79. The van der Waals surface area contributed by atoms with Crippen LogP contribution in [0.3, 0.4) is 0 Å². The fourth-order valence-corrected chi connectivity index (χ4v) is 4.35. The Bertz CT molecular complexity index is 614. The van der Waals surface area contributed by atoms with E-state index in [4.69, 9.17) is 11.6 Å². The molecule has 2 saturated heterocycles. The van der Waals surface area contributed by atoms with Crippen LogP contribution in [0.1, 0.15) is 12.8 Å². The zero-order valence-corrected chi connectivity index (χ0v) is 15.9. The van der Waals surface area contributed by atoms with E-state index in [2.05, 4.69) is 4.90 Å². The Kier molecular flexibility index (Phi) is 6.62. The average Bonchev–Trinajstić information content (AvgIpc) is 3.16. The van der Waals surface area contributed by atoms with Crippen molar-refractivity contribution in [2.45, 2.75) is 17.7 Å². The number of hydrogen-bond acceptors (Lipinski definition) is 4. The summed E-state index contributed by atoms with van der Waals surface area (Å²) in [6.07, 6.45) is 2.24. The number of carbonyl (C=O) groups is 2. The molecule has 0 aromatic heterocycles.